The Morgan fingerprint density at radius 3 is 2.15 bits per heavy atom. The summed E-state index contributed by atoms with van der Waals surface area (Å²) < 4.78 is 31.3. The molecular weight excluding hydrogens is 908 g/mol. The number of piperazine rings is 1. The smallest absolute Gasteiger partial charge is 0.257 e. The number of rotatable bonds is 18. The summed E-state index contributed by atoms with van der Waals surface area (Å²) >= 11 is 0. The van der Waals surface area contributed by atoms with Crippen LogP contribution in [-0.4, -0.2) is 116 Å². The Morgan fingerprint density at radius 1 is 0.817 bits per heavy atom. The number of nitrogens with one attached hydrogen (secondary N) is 4. The molecule has 0 radical (unpaired) electrons. The van der Waals surface area contributed by atoms with E-state index in [9.17, 15) is 28.4 Å². The minimum Gasteiger partial charge on any atom is -0.495 e. The molecule has 1 aromatic heterocycles. The molecule has 3 atom stereocenters. The number of nitrogens with zero attached hydrogens (tertiary/aromatic N) is 4. The number of amides is 5. The maximum Gasteiger partial charge on any atom is 0.257 e. The first-order valence-corrected chi connectivity index (χ1v) is 24.7. The first-order chi connectivity index (χ1) is 34.5. The molecule has 4 saturated heterocycles. The molecule has 5 fully saturated rings. The second-order valence-electron chi connectivity index (χ2n) is 19.5. The summed E-state index contributed by atoms with van der Waals surface area (Å²) in [5.41, 5.74) is 2.42. The van der Waals surface area contributed by atoms with Crippen molar-refractivity contribution < 1.29 is 42.6 Å². The van der Waals surface area contributed by atoms with Crippen LogP contribution in [0.3, 0.4) is 0 Å². The highest BCUT2D eigenvalue weighted by Gasteiger charge is 2.56. The lowest BCUT2D eigenvalue weighted by Crippen LogP contribution is -2.49. The average molecular weight is 967 g/mol. The van der Waals surface area contributed by atoms with Gasteiger partial charge in [-0.25, -0.2) is 4.39 Å². The summed E-state index contributed by atoms with van der Waals surface area (Å²) in [6.45, 7) is 6.57. The zero-order chi connectivity index (χ0) is 49.1. The molecule has 71 heavy (non-hydrogen) atoms. The van der Waals surface area contributed by atoms with Crippen LogP contribution in [0.2, 0.25) is 0 Å². The number of carbonyl (C=O) groups excluding carboxylic acids is 5. The molecule has 2 bridgehead atoms. The van der Waals surface area contributed by atoms with Crippen molar-refractivity contribution in [3.8, 4) is 23.0 Å². The third-order valence-electron chi connectivity index (χ3n) is 14.8. The summed E-state index contributed by atoms with van der Waals surface area (Å²) in [4.78, 5) is 74.8. The molecule has 4 aromatic carbocycles. The van der Waals surface area contributed by atoms with E-state index >= 15 is 0 Å². The Labute approximate surface area is 411 Å². The minimum absolute atomic E-state index is 0.0798. The molecule has 5 aliphatic rings. The first-order valence-electron chi connectivity index (χ1n) is 24.7. The highest BCUT2D eigenvalue weighted by atomic mass is 19.1. The van der Waals surface area contributed by atoms with Gasteiger partial charge in [0.1, 0.15) is 34.2 Å². The van der Waals surface area contributed by atoms with E-state index in [4.69, 9.17) is 19.2 Å². The van der Waals surface area contributed by atoms with Crippen molar-refractivity contribution in [3.63, 3.8) is 0 Å². The first kappa shape index (κ1) is 47.6. The van der Waals surface area contributed by atoms with Crippen LogP contribution in [0.1, 0.15) is 62.8 Å². The van der Waals surface area contributed by atoms with Gasteiger partial charge >= 0.3 is 0 Å². The molecule has 5 heterocycles. The number of halogens is 1. The van der Waals surface area contributed by atoms with Crippen molar-refractivity contribution in [2.24, 2.45) is 11.3 Å². The van der Waals surface area contributed by atoms with E-state index in [-0.39, 0.29) is 36.2 Å². The number of aromatic nitrogens is 1. The number of likely N-dealkylation sites (tertiary alicyclic amines) is 2. The Balaban J connectivity index is 0.645. The number of hydrogen-bond donors (Lipinski definition) is 4. The highest BCUT2D eigenvalue weighted by Crippen LogP contribution is 2.48. The van der Waals surface area contributed by atoms with E-state index in [1.165, 1.54) is 30.7 Å². The summed E-state index contributed by atoms with van der Waals surface area (Å²) in [7, 11) is 1.69. The second kappa shape index (κ2) is 20.7. The molecule has 5 amide bonds. The number of anilines is 3. The molecule has 370 valence electrons. The fourth-order valence-electron chi connectivity index (χ4n) is 10.6. The van der Waals surface area contributed by atoms with Crippen molar-refractivity contribution in [2.45, 2.75) is 69.4 Å². The van der Waals surface area contributed by atoms with Gasteiger partial charge in [0.15, 0.2) is 6.61 Å². The summed E-state index contributed by atoms with van der Waals surface area (Å²) in [5, 5.41) is 11.8. The maximum absolute atomic E-state index is 13.3. The average Bonchev–Trinajstić information content (AvgIpc) is 3.99. The number of benzene rings is 4. The second-order valence-corrected chi connectivity index (χ2v) is 19.5. The predicted molar refractivity (Wildman–Crippen MR) is 265 cm³/mol. The fraction of sp³-hybridized carbons (Fsp3) is 0.407. The minimum atomic E-state index is -1.17. The van der Waals surface area contributed by atoms with Gasteiger partial charge < -0.3 is 35.1 Å². The summed E-state index contributed by atoms with van der Waals surface area (Å²) in [6, 6.07) is 26.6. The molecule has 1 unspecified atom stereocenters. The topological polar surface area (TPSA) is 184 Å². The van der Waals surface area contributed by atoms with Gasteiger partial charge in [0.25, 0.3) is 5.91 Å². The Kier molecular flexibility index (Phi) is 13.9. The van der Waals surface area contributed by atoms with Gasteiger partial charge in [0.2, 0.25) is 23.6 Å². The van der Waals surface area contributed by atoms with Crippen LogP contribution < -0.4 is 40.4 Å². The van der Waals surface area contributed by atoms with Gasteiger partial charge in [0.05, 0.1) is 24.2 Å². The molecule has 10 rings (SSSR count). The van der Waals surface area contributed by atoms with E-state index in [1.54, 1.807) is 49.7 Å². The van der Waals surface area contributed by atoms with E-state index in [0.717, 1.165) is 86.4 Å². The molecule has 4 aliphatic heterocycles. The summed E-state index contributed by atoms with van der Waals surface area (Å²) in [6.07, 6.45) is 7.65. The highest BCUT2D eigenvalue weighted by molar-refractivity contribution is 6.17. The molecule has 1 saturated carbocycles. The standard InChI is InChI=1S/C54H59FN8O8/c1-69-48-28-44-45(56-23-17-47(44)71-42-13-9-38(10-14-42)59-53(68)54(20-21-54)52(67)58-37-7-5-36(55)6-8-37)29-46(48)61-25-18-34(19-26-61)30-63-32-39-27-40(63)31-62(39)24-2-22-57-50(65)33-70-41-11-3-35(4-12-41)43-15-16-49(64)60-51(43)66/h3-14,17,23,28-29,34,39-40,43H,2,15-16,18-22,24-27,30-33H2,1H3,(H,57,65)(H,58,67)(H,59,68)(H,60,64,66)/t39-,40-,43?/m0/s1. The lowest BCUT2D eigenvalue weighted by Gasteiger charge is -2.39. The third kappa shape index (κ3) is 10.8. The predicted octanol–water partition coefficient (Wildman–Crippen LogP) is 6.61. The lowest BCUT2D eigenvalue weighted by molar-refractivity contribution is -0.134. The number of methoxy groups -OCH3 is 1. The molecule has 17 heteroatoms. The zero-order valence-corrected chi connectivity index (χ0v) is 39.8. The van der Waals surface area contributed by atoms with Crippen LogP contribution in [-0.2, 0) is 24.0 Å². The number of imide groups is 1. The maximum atomic E-state index is 13.3. The lowest BCUT2D eigenvalue weighted by atomic mass is 9.90. The van der Waals surface area contributed by atoms with Crippen LogP contribution >= 0.6 is 0 Å². The monoisotopic (exact) mass is 966 g/mol. The molecule has 16 nitrogen and oxygen atoms in total. The SMILES string of the molecule is COc1cc2c(Oc3ccc(NC(=O)C4(C(=O)Nc5ccc(F)cc5)CC4)cc3)ccnc2cc1N1CCC(CN2C[C@@H]3C[C@H]2CN3CCCNC(=O)COc2ccc(C3CCC(=O)NC3=O)cc2)CC1. The molecular formula is C54H59FN8O8. The molecule has 1 aliphatic carbocycles. The van der Waals surface area contributed by atoms with Gasteiger partial charge in [0, 0.05) is 87.3 Å². The number of hydrogen-bond acceptors (Lipinski definition) is 12. The van der Waals surface area contributed by atoms with Crippen molar-refractivity contribution >= 4 is 57.5 Å². The number of fused-ring (bicyclic) bond motifs is 3. The molecule has 4 N–H and O–H groups in total. The third-order valence-corrected chi connectivity index (χ3v) is 14.8. The zero-order valence-electron chi connectivity index (χ0n) is 39.8. The molecule has 0 spiro atoms. The Bertz CT molecular complexity index is 2780. The quantitative estimate of drug-likeness (QED) is 0.0420. The van der Waals surface area contributed by atoms with Gasteiger partial charge in [-0.3, -0.25) is 44.1 Å². The van der Waals surface area contributed by atoms with Crippen LogP contribution in [0.5, 0.6) is 23.0 Å². The van der Waals surface area contributed by atoms with E-state index in [0.29, 0.717) is 78.9 Å². The summed E-state index contributed by atoms with van der Waals surface area (Å²) in [5.74, 6) is 0.857. The van der Waals surface area contributed by atoms with Crippen molar-refractivity contribution in [2.75, 3.05) is 75.1 Å². The Morgan fingerprint density at radius 2 is 1.49 bits per heavy atom. The van der Waals surface area contributed by atoms with Gasteiger partial charge in [-0.2, -0.15) is 0 Å². The normalized spacial score (nSPS) is 20.9. The van der Waals surface area contributed by atoms with Gasteiger partial charge in [-0.05, 0) is 135 Å². The van der Waals surface area contributed by atoms with Gasteiger partial charge in [-0.1, -0.05) is 12.1 Å². The van der Waals surface area contributed by atoms with Crippen molar-refractivity contribution in [1.29, 1.82) is 0 Å². The van der Waals surface area contributed by atoms with Crippen molar-refractivity contribution in [3.05, 3.63) is 109 Å². The van der Waals surface area contributed by atoms with Crippen LogP contribution in [0, 0.1) is 17.2 Å². The van der Waals surface area contributed by atoms with Crippen LogP contribution in [0.15, 0.2) is 97.2 Å². The van der Waals surface area contributed by atoms with Crippen molar-refractivity contribution in [1.82, 2.24) is 25.4 Å². The van der Waals surface area contributed by atoms with E-state index in [1.807, 2.05) is 24.3 Å². The van der Waals surface area contributed by atoms with Crippen LogP contribution in [0.4, 0.5) is 21.5 Å². The fourth-order valence-corrected chi connectivity index (χ4v) is 10.6. The molecule has 5 aromatic rings. The Hall–Kier alpha value is -7.11. The van der Waals surface area contributed by atoms with E-state index < -0.39 is 17.1 Å². The van der Waals surface area contributed by atoms with E-state index in [2.05, 4.69) is 42.0 Å². The van der Waals surface area contributed by atoms with Crippen LogP contribution in [0.25, 0.3) is 10.9 Å². The van der Waals surface area contributed by atoms with Gasteiger partial charge in [-0.15, -0.1) is 0 Å². The number of piperidine rings is 2. The number of pyridine rings is 1. The number of ether oxygens (including phenoxy) is 3. The largest absolute Gasteiger partial charge is 0.495 e. The number of carbonyl (C=O) groups is 5.